The molecule has 3 aromatic rings. The molecule has 0 aliphatic carbocycles. The molecule has 0 spiro atoms. The van der Waals surface area contributed by atoms with Crippen LogP contribution in [0.3, 0.4) is 0 Å². The normalized spacial score (nSPS) is 19.5. The summed E-state index contributed by atoms with van der Waals surface area (Å²) in [7, 11) is 1.58. The maximum atomic E-state index is 15.4. The minimum atomic E-state index is -1.18. The standard InChI is InChI=1S/C26H31FN4O3S/c1-34-19-4-6-25-22(13-19)21(7-9-30-25)24(27)5-3-18-8-11-31(16-23(18)26(32)33)10-2-12-35-20-14-28-17-29-15-20/h4,6-7,9,13-15,17-18,23-24H,2-3,5,8,10-12,16H2,1H3,(H,32,33)/t18-,23+,24+/m1/s1. The largest absolute Gasteiger partial charge is 0.497 e. The topological polar surface area (TPSA) is 88.4 Å². The van der Waals surface area contributed by atoms with E-state index in [1.807, 2.05) is 18.2 Å². The number of piperidine rings is 1. The van der Waals surface area contributed by atoms with Crippen molar-refractivity contribution >= 4 is 28.6 Å². The third-order valence-electron chi connectivity index (χ3n) is 6.69. The lowest BCUT2D eigenvalue weighted by Gasteiger charge is -2.36. The van der Waals surface area contributed by atoms with Crippen LogP contribution in [0.25, 0.3) is 10.9 Å². The number of halogens is 1. The van der Waals surface area contributed by atoms with Crippen LogP contribution < -0.4 is 4.74 Å². The van der Waals surface area contributed by atoms with Crippen LogP contribution >= 0.6 is 11.8 Å². The fourth-order valence-corrected chi connectivity index (χ4v) is 5.58. The molecular formula is C26H31FN4O3S. The molecule has 1 saturated heterocycles. The highest BCUT2D eigenvalue weighted by atomic mass is 32.2. The molecule has 186 valence electrons. The Balaban J connectivity index is 1.30. The number of aliphatic carboxylic acids is 1. The number of ether oxygens (including phenoxy) is 1. The second-order valence-corrected chi connectivity index (χ2v) is 10.1. The molecule has 0 radical (unpaired) electrons. The summed E-state index contributed by atoms with van der Waals surface area (Å²) in [6, 6.07) is 7.16. The Kier molecular flexibility index (Phi) is 8.87. The van der Waals surface area contributed by atoms with Crippen molar-refractivity contribution in [1.82, 2.24) is 19.9 Å². The summed E-state index contributed by atoms with van der Waals surface area (Å²) >= 11 is 1.71. The first-order chi connectivity index (χ1) is 17.0. The quantitative estimate of drug-likeness (QED) is 0.291. The van der Waals surface area contributed by atoms with E-state index in [4.69, 9.17) is 4.74 Å². The van der Waals surface area contributed by atoms with Crippen molar-refractivity contribution in [3.63, 3.8) is 0 Å². The Morgan fingerprint density at radius 2 is 2.14 bits per heavy atom. The van der Waals surface area contributed by atoms with Gasteiger partial charge in [-0.15, -0.1) is 11.8 Å². The van der Waals surface area contributed by atoms with Gasteiger partial charge < -0.3 is 14.7 Å². The number of aromatic nitrogens is 3. The Morgan fingerprint density at radius 3 is 2.91 bits per heavy atom. The van der Waals surface area contributed by atoms with Gasteiger partial charge in [0.2, 0.25) is 0 Å². The van der Waals surface area contributed by atoms with Crippen molar-refractivity contribution in [2.45, 2.75) is 36.8 Å². The molecule has 35 heavy (non-hydrogen) atoms. The van der Waals surface area contributed by atoms with Gasteiger partial charge in [-0.25, -0.2) is 14.4 Å². The number of methoxy groups -OCH3 is 1. The first-order valence-electron chi connectivity index (χ1n) is 11.9. The van der Waals surface area contributed by atoms with E-state index >= 15 is 4.39 Å². The number of likely N-dealkylation sites (tertiary alicyclic amines) is 1. The molecule has 7 nitrogen and oxygen atoms in total. The Hall–Kier alpha value is -2.78. The van der Waals surface area contributed by atoms with E-state index in [0.29, 0.717) is 30.7 Å². The first kappa shape index (κ1) is 25.3. The summed E-state index contributed by atoms with van der Waals surface area (Å²) < 4.78 is 20.7. The number of carboxylic acids is 1. The van der Waals surface area contributed by atoms with Gasteiger partial charge in [-0.2, -0.15) is 0 Å². The second-order valence-electron chi connectivity index (χ2n) is 8.90. The fourth-order valence-electron chi connectivity index (χ4n) is 4.80. The number of pyridine rings is 1. The number of fused-ring (bicyclic) bond motifs is 1. The molecule has 0 amide bonds. The van der Waals surface area contributed by atoms with Crippen molar-refractivity contribution in [1.29, 1.82) is 0 Å². The van der Waals surface area contributed by atoms with E-state index < -0.39 is 18.1 Å². The molecule has 1 fully saturated rings. The van der Waals surface area contributed by atoms with Gasteiger partial charge in [-0.05, 0) is 80.3 Å². The number of nitrogens with zero attached hydrogens (tertiary/aromatic N) is 4. The van der Waals surface area contributed by atoms with Crippen LogP contribution in [0.15, 0.2) is 54.1 Å². The smallest absolute Gasteiger partial charge is 0.308 e. The fraction of sp³-hybridized carbons (Fsp3) is 0.462. The molecule has 1 aliphatic heterocycles. The van der Waals surface area contributed by atoms with E-state index in [2.05, 4.69) is 19.9 Å². The van der Waals surface area contributed by atoms with E-state index in [9.17, 15) is 9.90 Å². The number of benzene rings is 1. The Morgan fingerprint density at radius 1 is 1.31 bits per heavy atom. The van der Waals surface area contributed by atoms with Crippen molar-refractivity contribution in [2.24, 2.45) is 11.8 Å². The number of hydrogen-bond acceptors (Lipinski definition) is 7. The monoisotopic (exact) mass is 498 g/mol. The van der Waals surface area contributed by atoms with E-state index in [-0.39, 0.29) is 5.92 Å². The molecule has 1 aliphatic rings. The predicted molar refractivity (Wildman–Crippen MR) is 134 cm³/mol. The van der Waals surface area contributed by atoms with Crippen molar-refractivity contribution in [3.05, 3.63) is 54.7 Å². The lowest BCUT2D eigenvalue weighted by Crippen LogP contribution is -2.44. The van der Waals surface area contributed by atoms with E-state index in [1.165, 1.54) is 6.33 Å². The average molecular weight is 499 g/mol. The molecule has 0 bridgehead atoms. The predicted octanol–water partition coefficient (Wildman–Crippen LogP) is 5.03. The van der Waals surface area contributed by atoms with Crippen LogP contribution in [0.5, 0.6) is 5.75 Å². The number of carboxylic acid groups (broad SMARTS) is 1. The molecule has 9 heteroatoms. The number of rotatable bonds is 11. The van der Waals surface area contributed by atoms with Crippen molar-refractivity contribution in [3.8, 4) is 5.75 Å². The van der Waals surface area contributed by atoms with E-state index in [0.717, 1.165) is 47.5 Å². The molecule has 3 atom stereocenters. The third-order valence-corrected chi connectivity index (χ3v) is 7.73. The van der Waals surface area contributed by atoms with Gasteiger partial charge in [0.25, 0.3) is 0 Å². The molecule has 1 N–H and O–H groups in total. The third kappa shape index (κ3) is 6.67. The number of thioether (sulfide) groups is 1. The maximum Gasteiger partial charge on any atom is 0.308 e. The van der Waals surface area contributed by atoms with Crippen LogP contribution in [0, 0.1) is 11.8 Å². The Labute approximate surface area is 209 Å². The number of alkyl halides is 1. The summed E-state index contributed by atoms with van der Waals surface area (Å²) in [5, 5.41) is 10.6. The molecule has 1 aromatic carbocycles. The summed E-state index contributed by atoms with van der Waals surface area (Å²) in [4.78, 5) is 27.7. The lowest BCUT2D eigenvalue weighted by molar-refractivity contribution is -0.146. The SMILES string of the molecule is COc1ccc2nccc([C@@H](F)CC[C@@H]3CCN(CCCSc4cncnc4)C[C@@H]3C(=O)O)c2c1. The molecule has 0 saturated carbocycles. The molecule has 2 aromatic heterocycles. The van der Waals surface area contributed by atoms with Gasteiger partial charge in [-0.3, -0.25) is 9.78 Å². The summed E-state index contributed by atoms with van der Waals surface area (Å²) in [5.74, 6) is 0.304. The minimum Gasteiger partial charge on any atom is -0.497 e. The van der Waals surface area contributed by atoms with Crippen LogP contribution in [-0.4, -0.2) is 63.4 Å². The first-order valence-corrected chi connectivity index (χ1v) is 12.9. The van der Waals surface area contributed by atoms with Crippen LogP contribution in [-0.2, 0) is 4.79 Å². The molecule has 3 heterocycles. The molecule has 0 unspecified atom stereocenters. The van der Waals surface area contributed by atoms with Crippen molar-refractivity contribution < 1.29 is 19.0 Å². The van der Waals surface area contributed by atoms with Gasteiger partial charge in [0.15, 0.2) is 0 Å². The number of hydrogen-bond donors (Lipinski definition) is 1. The Bertz CT molecular complexity index is 1120. The molecule has 4 rings (SSSR count). The summed E-state index contributed by atoms with van der Waals surface area (Å²) in [5.41, 5.74) is 1.31. The van der Waals surface area contributed by atoms with Gasteiger partial charge in [-0.1, -0.05) is 0 Å². The molecular weight excluding hydrogens is 467 g/mol. The zero-order chi connectivity index (χ0) is 24.6. The average Bonchev–Trinajstić information content (AvgIpc) is 2.89. The maximum absolute atomic E-state index is 15.4. The van der Waals surface area contributed by atoms with Gasteiger partial charge in [0.1, 0.15) is 18.2 Å². The number of carbonyl (C=O) groups is 1. The second kappa shape index (κ2) is 12.3. The minimum absolute atomic E-state index is 0.0273. The summed E-state index contributed by atoms with van der Waals surface area (Å²) in [6.45, 7) is 2.22. The highest BCUT2D eigenvalue weighted by Crippen LogP contribution is 2.35. The van der Waals surface area contributed by atoms with Crippen LogP contribution in [0.1, 0.15) is 37.4 Å². The highest BCUT2D eigenvalue weighted by Gasteiger charge is 2.34. The van der Waals surface area contributed by atoms with E-state index in [1.54, 1.807) is 43.5 Å². The zero-order valence-electron chi connectivity index (χ0n) is 19.8. The highest BCUT2D eigenvalue weighted by molar-refractivity contribution is 7.99. The zero-order valence-corrected chi connectivity index (χ0v) is 20.7. The summed E-state index contributed by atoms with van der Waals surface area (Å²) in [6.07, 6.45) is 8.12. The van der Waals surface area contributed by atoms with Crippen LogP contribution in [0.4, 0.5) is 4.39 Å². The van der Waals surface area contributed by atoms with Gasteiger partial charge in [0.05, 0.1) is 18.5 Å². The van der Waals surface area contributed by atoms with Crippen molar-refractivity contribution in [2.75, 3.05) is 32.5 Å². The van der Waals surface area contributed by atoms with Crippen LogP contribution in [0.2, 0.25) is 0 Å². The lowest BCUT2D eigenvalue weighted by atomic mass is 9.81. The van der Waals surface area contributed by atoms with Gasteiger partial charge >= 0.3 is 5.97 Å². The van der Waals surface area contributed by atoms with Gasteiger partial charge in [0, 0.05) is 35.4 Å².